The number of phenols is 1. The van der Waals surface area contributed by atoms with Crippen molar-refractivity contribution in [2.24, 2.45) is 5.92 Å². The first-order valence-corrected chi connectivity index (χ1v) is 6.30. The first-order valence-electron chi connectivity index (χ1n) is 6.30. The molecular weight excluding hydrogens is 222 g/mol. The topological polar surface area (TPSA) is 20.2 Å². The first-order chi connectivity index (χ1) is 8.13. The van der Waals surface area contributed by atoms with Gasteiger partial charge in [0.05, 0.1) is 0 Å². The predicted octanol–water partition coefficient (Wildman–Crippen LogP) is 4.35. The standard InChI is InChI=1S/C14H18F2O/c1-2-9-3-5-10(6-4-9)11-7-8-12(17)14(16)13(11)15/h7-10,17H,2-6H2,1H3. The Bertz CT molecular complexity index is 395. The SMILES string of the molecule is CCC1CCC(c2ccc(O)c(F)c2F)CC1. The highest BCUT2D eigenvalue weighted by Crippen LogP contribution is 2.39. The lowest BCUT2D eigenvalue weighted by Gasteiger charge is -2.28. The predicted molar refractivity (Wildman–Crippen MR) is 63.0 cm³/mol. The van der Waals surface area contributed by atoms with E-state index in [0.29, 0.717) is 5.56 Å². The molecule has 0 radical (unpaired) electrons. The van der Waals surface area contributed by atoms with E-state index in [9.17, 15) is 8.78 Å². The van der Waals surface area contributed by atoms with Gasteiger partial charge in [0.25, 0.3) is 0 Å². The van der Waals surface area contributed by atoms with Crippen LogP contribution in [0, 0.1) is 17.6 Å². The van der Waals surface area contributed by atoms with Crippen molar-refractivity contribution in [1.82, 2.24) is 0 Å². The fourth-order valence-electron chi connectivity index (χ4n) is 2.75. The van der Waals surface area contributed by atoms with Gasteiger partial charge in [0.2, 0.25) is 5.82 Å². The fourth-order valence-corrected chi connectivity index (χ4v) is 2.75. The molecule has 0 saturated heterocycles. The Morgan fingerprint density at radius 2 is 1.76 bits per heavy atom. The zero-order valence-corrected chi connectivity index (χ0v) is 10.0. The Balaban J connectivity index is 2.16. The molecule has 2 rings (SSSR count). The van der Waals surface area contributed by atoms with Crippen molar-refractivity contribution in [3.8, 4) is 5.75 Å². The van der Waals surface area contributed by atoms with Crippen molar-refractivity contribution in [3.05, 3.63) is 29.3 Å². The summed E-state index contributed by atoms with van der Waals surface area (Å²) in [5.41, 5.74) is 0.426. The average Bonchev–Trinajstić information content (AvgIpc) is 2.36. The van der Waals surface area contributed by atoms with Gasteiger partial charge in [-0.15, -0.1) is 0 Å². The Labute approximate surface area is 100 Å². The van der Waals surface area contributed by atoms with E-state index in [1.165, 1.54) is 18.6 Å². The fraction of sp³-hybridized carbons (Fsp3) is 0.571. The molecule has 1 aromatic rings. The summed E-state index contributed by atoms with van der Waals surface area (Å²) in [5.74, 6) is -1.75. The van der Waals surface area contributed by atoms with Gasteiger partial charge in [-0.25, -0.2) is 4.39 Å². The zero-order chi connectivity index (χ0) is 12.4. The van der Waals surface area contributed by atoms with Crippen LogP contribution in [0.2, 0.25) is 0 Å². The molecule has 0 aromatic heterocycles. The second kappa shape index (κ2) is 5.03. The van der Waals surface area contributed by atoms with Crippen LogP contribution in [0.25, 0.3) is 0 Å². The lowest BCUT2D eigenvalue weighted by molar-refractivity contribution is 0.311. The number of benzene rings is 1. The van der Waals surface area contributed by atoms with Gasteiger partial charge < -0.3 is 5.11 Å². The molecule has 1 fully saturated rings. The van der Waals surface area contributed by atoms with Crippen LogP contribution in [0.15, 0.2) is 12.1 Å². The van der Waals surface area contributed by atoms with E-state index in [0.717, 1.165) is 31.6 Å². The summed E-state index contributed by atoms with van der Waals surface area (Å²) in [7, 11) is 0. The van der Waals surface area contributed by atoms with Crippen LogP contribution in [0.5, 0.6) is 5.75 Å². The summed E-state index contributed by atoms with van der Waals surface area (Å²) < 4.78 is 27.0. The molecule has 1 nitrogen and oxygen atoms in total. The third-order valence-corrected chi connectivity index (χ3v) is 3.96. The van der Waals surface area contributed by atoms with E-state index in [2.05, 4.69) is 6.92 Å². The molecular formula is C14H18F2O. The molecule has 1 aliphatic carbocycles. The van der Waals surface area contributed by atoms with E-state index < -0.39 is 17.4 Å². The van der Waals surface area contributed by atoms with Crippen molar-refractivity contribution >= 4 is 0 Å². The van der Waals surface area contributed by atoms with Crippen LogP contribution in [-0.4, -0.2) is 5.11 Å². The quantitative estimate of drug-likeness (QED) is 0.814. The van der Waals surface area contributed by atoms with E-state index in [1.807, 2.05) is 0 Å². The van der Waals surface area contributed by atoms with E-state index in [-0.39, 0.29) is 5.92 Å². The minimum absolute atomic E-state index is 0.105. The zero-order valence-electron chi connectivity index (χ0n) is 10.0. The highest BCUT2D eigenvalue weighted by atomic mass is 19.2. The molecule has 1 aromatic carbocycles. The molecule has 94 valence electrons. The largest absolute Gasteiger partial charge is 0.505 e. The number of rotatable bonds is 2. The van der Waals surface area contributed by atoms with Crippen molar-refractivity contribution in [2.45, 2.75) is 44.9 Å². The van der Waals surface area contributed by atoms with Crippen molar-refractivity contribution in [2.75, 3.05) is 0 Å². The molecule has 1 saturated carbocycles. The second-order valence-corrected chi connectivity index (χ2v) is 4.93. The molecule has 0 aliphatic heterocycles. The van der Waals surface area contributed by atoms with Gasteiger partial charge in [-0.2, -0.15) is 4.39 Å². The summed E-state index contributed by atoms with van der Waals surface area (Å²) >= 11 is 0. The van der Waals surface area contributed by atoms with Crippen LogP contribution < -0.4 is 0 Å². The third-order valence-electron chi connectivity index (χ3n) is 3.96. The molecule has 17 heavy (non-hydrogen) atoms. The lowest BCUT2D eigenvalue weighted by Crippen LogP contribution is -2.14. The smallest absolute Gasteiger partial charge is 0.200 e. The van der Waals surface area contributed by atoms with E-state index in [4.69, 9.17) is 5.11 Å². The van der Waals surface area contributed by atoms with Crippen LogP contribution in [0.1, 0.15) is 50.5 Å². The van der Waals surface area contributed by atoms with Crippen molar-refractivity contribution in [3.63, 3.8) is 0 Å². The maximum Gasteiger partial charge on any atom is 0.200 e. The molecule has 0 unspecified atom stereocenters. The highest BCUT2D eigenvalue weighted by Gasteiger charge is 2.25. The second-order valence-electron chi connectivity index (χ2n) is 4.93. The van der Waals surface area contributed by atoms with Crippen LogP contribution >= 0.6 is 0 Å². The number of hydrogen-bond acceptors (Lipinski definition) is 1. The Morgan fingerprint density at radius 3 is 2.35 bits per heavy atom. The summed E-state index contributed by atoms with van der Waals surface area (Å²) in [6.45, 7) is 2.17. The maximum atomic E-state index is 13.7. The van der Waals surface area contributed by atoms with Gasteiger partial charge in [-0.05, 0) is 49.1 Å². The van der Waals surface area contributed by atoms with Gasteiger partial charge >= 0.3 is 0 Å². The monoisotopic (exact) mass is 240 g/mol. The minimum Gasteiger partial charge on any atom is -0.505 e. The van der Waals surface area contributed by atoms with Crippen LogP contribution in [0.3, 0.4) is 0 Å². The van der Waals surface area contributed by atoms with E-state index in [1.54, 1.807) is 0 Å². The number of phenolic OH excluding ortho intramolecular Hbond substituents is 1. The average molecular weight is 240 g/mol. The molecule has 1 N–H and O–H groups in total. The Morgan fingerprint density at radius 1 is 1.12 bits per heavy atom. The Hall–Kier alpha value is -1.12. The summed E-state index contributed by atoms with van der Waals surface area (Å²) in [6, 6.07) is 2.77. The number of halogens is 2. The maximum absolute atomic E-state index is 13.7. The molecule has 0 atom stereocenters. The molecule has 3 heteroatoms. The minimum atomic E-state index is -1.11. The van der Waals surface area contributed by atoms with Gasteiger partial charge in [-0.3, -0.25) is 0 Å². The van der Waals surface area contributed by atoms with Crippen molar-refractivity contribution in [1.29, 1.82) is 0 Å². The first kappa shape index (κ1) is 12.3. The molecule has 1 aliphatic rings. The lowest BCUT2D eigenvalue weighted by atomic mass is 9.77. The van der Waals surface area contributed by atoms with E-state index >= 15 is 0 Å². The molecule has 0 heterocycles. The van der Waals surface area contributed by atoms with Crippen molar-refractivity contribution < 1.29 is 13.9 Å². The molecule has 0 bridgehead atoms. The summed E-state index contributed by atoms with van der Waals surface area (Å²) in [5, 5.41) is 9.09. The number of aromatic hydroxyl groups is 1. The normalized spacial score (nSPS) is 24.9. The van der Waals surface area contributed by atoms with Crippen LogP contribution in [-0.2, 0) is 0 Å². The van der Waals surface area contributed by atoms with Gasteiger partial charge in [-0.1, -0.05) is 19.4 Å². The Kier molecular flexibility index (Phi) is 3.65. The highest BCUT2D eigenvalue weighted by molar-refractivity contribution is 5.32. The van der Waals surface area contributed by atoms with Gasteiger partial charge in [0.15, 0.2) is 11.6 Å². The molecule has 0 amide bonds. The summed E-state index contributed by atoms with van der Waals surface area (Å²) in [4.78, 5) is 0. The molecule has 0 spiro atoms. The van der Waals surface area contributed by atoms with Gasteiger partial charge in [0.1, 0.15) is 0 Å². The van der Waals surface area contributed by atoms with Crippen LogP contribution in [0.4, 0.5) is 8.78 Å². The summed E-state index contributed by atoms with van der Waals surface area (Å²) in [6.07, 6.45) is 5.17. The third kappa shape index (κ3) is 2.43. The number of hydrogen-bond donors (Lipinski definition) is 1. The van der Waals surface area contributed by atoms with Gasteiger partial charge in [0, 0.05) is 0 Å².